The number of aryl methyl sites for hydroxylation is 2. The van der Waals surface area contributed by atoms with Gasteiger partial charge in [-0.2, -0.15) is 13.1 Å². The van der Waals surface area contributed by atoms with Crippen LogP contribution in [0.5, 0.6) is 0 Å². The summed E-state index contributed by atoms with van der Waals surface area (Å²) in [5.74, 6) is -0.0806. The average molecular weight is 456 g/mol. The Bertz CT molecular complexity index is 1420. The van der Waals surface area contributed by atoms with Gasteiger partial charge in [0, 0.05) is 48.3 Å². The molecule has 8 nitrogen and oxygen atoms in total. The molecule has 0 radical (unpaired) electrons. The number of nitrogens with zero attached hydrogens (tertiary/aromatic N) is 4. The fraction of sp³-hybridized carbons (Fsp3) is 0.286. The minimum atomic E-state index is -3.71. The summed E-state index contributed by atoms with van der Waals surface area (Å²) in [7, 11) is -3.71. The van der Waals surface area contributed by atoms with E-state index >= 15 is 0 Å². The summed E-state index contributed by atoms with van der Waals surface area (Å²) < 4.78 is 36.1. The standard InChI is InChI=1S/C21H21N5O3S2/c1-13-14(2)22-17-7-6-15(12-16(13)17)21(27)25-8-10-26(11-9-25)31(28,29)19-5-3-4-18-20(19)24-30-23-18/h3-7,12,22H,8-11H2,1-2H3. The van der Waals surface area contributed by atoms with Crippen molar-refractivity contribution < 1.29 is 13.2 Å². The first-order chi connectivity index (χ1) is 14.9. The highest BCUT2D eigenvalue weighted by molar-refractivity contribution is 7.89. The number of fused-ring (bicyclic) bond motifs is 2. The number of hydrogen-bond donors (Lipinski definition) is 1. The maximum absolute atomic E-state index is 13.2. The molecule has 0 spiro atoms. The van der Waals surface area contributed by atoms with Crippen LogP contribution in [0.3, 0.4) is 0 Å². The molecule has 1 amide bonds. The van der Waals surface area contributed by atoms with Crippen LogP contribution in [0.25, 0.3) is 21.9 Å². The number of rotatable bonds is 3. The third-order valence-electron chi connectivity index (χ3n) is 5.95. The Labute approximate surface area is 183 Å². The molecule has 4 aromatic rings. The van der Waals surface area contributed by atoms with Gasteiger partial charge in [-0.25, -0.2) is 8.42 Å². The molecule has 31 heavy (non-hydrogen) atoms. The molecule has 160 valence electrons. The zero-order valence-corrected chi connectivity index (χ0v) is 18.8. The van der Waals surface area contributed by atoms with E-state index in [0.717, 1.165) is 33.9 Å². The topological polar surface area (TPSA) is 99.3 Å². The minimum absolute atomic E-state index is 0.0806. The van der Waals surface area contributed by atoms with Gasteiger partial charge in [0.15, 0.2) is 0 Å². The van der Waals surface area contributed by atoms with E-state index in [0.29, 0.717) is 29.7 Å². The van der Waals surface area contributed by atoms with Gasteiger partial charge in [0.25, 0.3) is 5.91 Å². The molecule has 1 aliphatic heterocycles. The lowest BCUT2D eigenvalue weighted by Crippen LogP contribution is -2.50. The summed E-state index contributed by atoms with van der Waals surface area (Å²) in [5.41, 5.74) is 4.81. The van der Waals surface area contributed by atoms with Gasteiger partial charge in [0.1, 0.15) is 15.9 Å². The van der Waals surface area contributed by atoms with Gasteiger partial charge in [-0.05, 0) is 49.7 Å². The number of carbonyl (C=O) groups excluding carboxylic acids is 1. The van der Waals surface area contributed by atoms with Crippen LogP contribution in [-0.4, -0.2) is 63.4 Å². The Morgan fingerprint density at radius 1 is 1.06 bits per heavy atom. The minimum Gasteiger partial charge on any atom is -0.358 e. The predicted octanol–water partition coefficient (Wildman–Crippen LogP) is 2.94. The Balaban J connectivity index is 1.35. The maximum Gasteiger partial charge on any atom is 0.253 e. The second kappa shape index (κ2) is 7.40. The van der Waals surface area contributed by atoms with Gasteiger partial charge in [-0.3, -0.25) is 4.79 Å². The van der Waals surface area contributed by atoms with E-state index in [4.69, 9.17) is 0 Å². The fourth-order valence-corrected chi connectivity index (χ4v) is 6.21. The second-order valence-corrected chi connectivity index (χ2v) is 10.2. The Morgan fingerprint density at radius 2 is 1.84 bits per heavy atom. The van der Waals surface area contributed by atoms with Gasteiger partial charge in [0.05, 0.1) is 11.7 Å². The van der Waals surface area contributed by atoms with Gasteiger partial charge in [-0.15, -0.1) is 0 Å². The van der Waals surface area contributed by atoms with Crippen molar-refractivity contribution in [1.29, 1.82) is 0 Å². The van der Waals surface area contributed by atoms with E-state index in [1.807, 2.05) is 32.0 Å². The lowest BCUT2D eigenvalue weighted by Gasteiger charge is -2.34. The molecular weight excluding hydrogens is 434 g/mol. The number of aromatic nitrogens is 3. The number of carbonyl (C=O) groups is 1. The first-order valence-electron chi connectivity index (χ1n) is 9.96. The van der Waals surface area contributed by atoms with Crippen LogP contribution < -0.4 is 0 Å². The molecule has 1 N–H and O–H groups in total. The van der Waals surface area contributed by atoms with Gasteiger partial charge < -0.3 is 9.88 Å². The Morgan fingerprint density at radius 3 is 2.61 bits per heavy atom. The predicted molar refractivity (Wildman–Crippen MR) is 120 cm³/mol. The van der Waals surface area contributed by atoms with E-state index < -0.39 is 10.0 Å². The summed E-state index contributed by atoms with van der Waals surface area (Å²) in [5, 5.41) is 1.04. The number of piperazine rings is 1. The number of benzene rings is 2. The quantitative estimate of drug-likeness (QED) is 0.512. The van der Waals surface area contributed by atoms with Crippen molar-refractivity contribution in [3.05, 3.63) is 53.2 Å². The largest absolute Gasteiger partial charge is 0.358 e. The molecule has 0 bridgehead atoms. The van der Waals surface area contributed by atoms with E-state index in [1.165, 1.54) is 4.31 Å². The molecule has 0 atom stereocenters. The van der Waals surface area contributed by atoms with Crippen molar-refractivity contribution in [1.82, 2.24) is 22.9 Å². The normalized spacial score (nSPS) is 15.7. The van der Waals surface area contributed by atoms with E-state index in [-0.39, 0.29) is 23.9 Å². The monoisotopic (exact) mass is 455 g/mol. The number of sulfonamides is 1. The highest BCUT2D eigenvalue weighted by Crippen LogP contribution is 2.26. The van der Waals surface area contributed by atoms with Crippen molar-refractivity contribution in [3.63, 3.8) is 0 Å². The molecule has 0 aliphatic carbocycles. The SMILES string of the molecule is Cc1[nH]c2ccc(C(=O)N3CCN(S(=O)(=O)c4cccc5nsnc45)CC3)cc2c1C. The van der Waals surface area contributed by atoms with Crippen molar-refractivity contribution >= 4 is 49.6 Å². The molecule has 10 heteroatoms. The summed E-state index contributed by atoms with van der Waals surface area (Å²) in [4.78, 5) is 18.3. The zero-order valence-electron chi connectivity index (χ0n) is 17.1. The maximum atomic E-state index is 13.2. The van der Waals surface area contributed by atoms with E-state index in [9.17, 15) is 13.2 Å². The molecular formula is C21H21N5O3S2. The smallest absolute Gasteiger partial charge is 0.253 e. The molecule has 1 aliphatic rings. The van der Waals surface area contributed by atoms with Crippen LogP contribution in [0.4, 0.5) is 0 Å². The van der Waals surface area contributed by atoms with E-state index in [2.05, 4.69) is 13.7 Å². The summed E-state index contributed by atoms with van der Waals surface area (Å²) in [6, 6.07) is 10.6. The second-order valence-electron chi connectivity index (χ2n) is 7.72. The number of hydrogen-bond acceptors (Lipinski definition) is 6. The van der Waals surface area contributed by atoms with Crippen molar-refractivity contribution in [2.45, 2.75) is 18.7 Å². The lowest BCUT2D eigenvalue weighted by molar-refractivity contribution is 0.0698. The number of H-pyrrole nitrogens is 1. The molecule has 3 heterocycles. The van der Waals surface area contributed by atoms with E-state index in [1.54, 1.807) is 23.1 Å². The Kier molecular flexibility index (Phi) is 4.80. The lowest BCUT2D eigenvalue weighted by atomic mass is 10.1. The van der Waals surface area contributed by atoms with Crippen LogP contribution in [0, 0.1) is 13.8 Å². The van der Waals surface area contributed by atoms with Gasteiger partial charge >= 0.3 is 0 Å². The van der Waals surface area contributed by atoms with Crippen molar-refractivity contribution in [3.8, 4) is 0 Å². The molecule has 0 saturated carbocycles. The first-order valence-corrected chi connectivity index (χ1v) is 12.1. The van der Waals surface area contributed by atoms with Gasteiger partial charge in [-0.1, -0.05) is 6.07 Å². The van der Waals surface area contributed by atoms with Gasteiger partial charge in [0.2, 0.25) is 10.0 Å². The van der Waals surface area contributed by atoms with Crippen LogP contribution in [-0.2, 0) is 10.0 Å². The third kappa shape index (κ3) is 3.31. The first kappa shape index (κ1) is 20.1. The highest BCUT2D eigenvalue weighted by atomic mass is 32.2. The highest BCUT2D eigenvalue weighted by Gasteiger charge is 2.32. The summed E-state index contributed by atoms with van der Waals surface area (Å²) >= 11 is 0.997. The number of amides is 1. The molecule has 2 aromatic heterocycles. The van der Waals surface area contributed by atoms with Crippen LogP contribution in [0.1, 0.15) is 21.6 Å². The number of aromatic amines is 1. The zero-order chi connectivity index (χ0) is 21.8. The van der Waals surface area contributed by atoms with Crippen LogP contribution in [0.15, 0.2) is 41.3 Å². The van der Waals surface area contributed by atoms with Crippen LogP contribution in [0.2, 0.25) is 0 Å². The van der Waals surface area contributed by atoms with Crippen LogP contribution >= 0.6 is 11.7 Å². The average Bonchev–Trinajstić information content (AvgIpc) is 3.37. The molecule has 0 unspecified atom stereocenters. The summed E-state index contributed by atoms with van der Waals surface area (Å²) in [6.07, 6.45) is 0. The molecule has 2 aromatic carbocycles. The molecule has 5 rings (SSSR count). The van der Waals surface area contributed by atoms with Crippen molar-refractivity contribution in [2.75, 3.05) is 26.2 Å². The number of nitrogens with one attached hydrogen (secondary N) is 1. The summed E-state index contributed by atoms with van der Waals surface area (Å²) in [6.45, 7) is 5.21. The fourth-order valence-electron chi connectivity index (χ4n) is 4.04. The molecule has 1 fully saturated rings. The Hall–Kier alpha value is -2.82. The van der Waals surface area contributed by atoms with Crippen molar-refractivity contribution in [2.24, 2.45) is 0 Å². The third-order valence-corrected chi connectivity index (χ3v) is 8.42. The molecule has 1 saturated heterocycles.